The summed E-state index contributed by atoms with van der Waals surface area (Å²) in [5.41, 5.74) is 0. The van der Waals surface area contributed by atoms with Crippen LogP contribution >= 0.6 is 11.6 Å². The molecule has 4 heteroatoms. The molecule has 0 spiro atoms. The monoisotopic (exact) mass is 211 g/mol. The maximum Gasteiger partial charge on any atom is 0.144 e. The van der Waals surface area contributed by atoms with Crippen molar-refractivity contribution in [3.63, 3.8) is 0 Å². The molecule has 1 aliphatic carbocycles. The number of anilines is 1. The summed E-state index contributed by atoms with van der Waals surface area (Å²) in [5.74, 6) is 0.770. The molecule has 3 nitrogen and oxygen atoms in total. The fraction of sp³-hybridized carbons (Fsp3) is 0.500. The second kappa shape index (κ2) is 4.62. The van der Waals surface area contributed by atoms with Crippen LogP contribution in [0.2, 0.25) is 5.02 Å². The third-order valence-electron chi connectivity index (χ3n) is 2.19. The van der Waals surface area contributed by atoms with Gasteiger partial charge in [-0.1, -0.05) is 11.6 Å². The van der Waals surface area contributed by atoms with Gasteiger partial charge in [-0.05, 0) is 25.0 Å². The van der Waals surface area contributed by atoms with Gasteiger partial charge in [0.1, 0.15) is 5.82 Å². The molecule has 2 rings (SSSR count). The van der Waals surface area contributed by atoms with Gasteiger partial charge in [-0.15, -0.1) is 0 Å². The highest BCUT2D eigenvalue weighted by Crippen LogP contribution is 2.18. The van der Waals surface area contributed by atoms with Crippen LogP contribution in [0.4, 0.5) is 5.82 Å². The lowest BCUT2D eigenvalue weighted by molar-refractivity contribution is 0.700. The number of aromatic nitrogens is 1. The molecule has 2 N–H and O–H groups in total. The van der Waals surface area contributed by atoms with E-state index in [9.17, 15) is 0 Å². The molecule has 0 aliphatic heterocycles. The molecule has 0 amide bonds. The summed E-state index contributed by atoms with van der Waals surface area (Å²) in [5, 5.41) is 7.28. The van der Waals surface area contributed by atoms with Crippen LogP contribution < -0.4 is 10.6 Å². The molecule has 0 bridgehead atoms. The van der Waals surface area contributed by atoms with Crippen LogP contribution in [0.5, 0.6) is 0 Å². The summed E-state index contributed by atoms with van der Waals surface area (Å²) < 4.78 is 0. The largest absolute Gasteiger partial charge is 0.368 e. The normalized spacial score (nSPS) is 15.5. The minimum atomic E-state index is 0.680. The Morgan fingerprint density at radius 2 is 2.29 bits per heavy atom. The number of hydrogen-bond donors (Lipinski definition) is 2. The van der Waals surface area contributed by atoms with Crippen molar-refractivity contribution in [1.29, 1.82) is 0 Å². The first-order valence-electron chi connectivity index (χ1n) is 4.94. The summed E-state index contributed by atoms with van der Waals surface area (Å²) >= 11 is 5.93. The Morgan fingerprint density at radius 3 is 3.00 bits per heavy atom. The zero-order valence-corrected chi connectivity index (χ0v) is 8.72. The van der Waals surface area contributed by atoms with E-state index >= 15 is 0 Å². The van der Waals surface area contributed by atoms with E-state index in [1.807, 2.05) is 12.1 Å². The number of nitrogens with zero attached hydrogens (tertiary/aromatic N) is 1. The van der Waals surface area contributed by atoms with Crippen molar-refractivity contribution >= 4 is 17.4 Å². The summed E-state index contributed by atoms with van der Waals surface area (Å²) in [6.45, 7) is 1.84. The molecule has 1 saturated carbocycles. The molecule has 1 aromatic rings. The van der Waals surface area contributed by atoms with Gasteiger partial charge in [0.2, 0.25) is 0 Å². The summed E-state index contributed by atoms with van der Waals surface area (Å²) in [7, 11) is 0. The first kappa shape index (κ1) is 9.74. The Labute approximate surface area is 88.9 Å². The van der Waals surface area contributed by atoms with E-state index in [2.05, 4.69) is 15.6 Å². The van der Waals surface area contributed by atoms with Crippen molar-refractivity contribution in [2.24, 2.45) is 0 Å². The Hall–Kier alpha value is -0.800. The predicted molar refractivity (Wildman–Crippen MR) is 58.8 cm³/mol. The van der Waals surface area contributed by atoms with E-state index in [1.54, 1.807) is 6.20 Å². The quantitative estimate of drug-likeness (QED) is 0.731. The molecule has 0 aromatic carbocycles. The average Bonchev–Trinajstić information content (AvgIpc) is 2.99. The van der Waals surface area contributed by atoms with E-state index in [4.69, 9.17) is 11.6 Å². The van der Waals surface area contributed by atoms with Crippen LogP contribution in [0.25, 0.3) is 0 Å². The van der Waals surface area contributed by atoms with E-state index in [0.29, 0.717) is 5.02 Å². The highest BCUT2D eigenvalue weighted by molar-refractivity contribution is 6.32. The van der Waals surface area contributed by atoms with Gasteiger partial charge in [0.15, 0.2) is 0 Å². The molecule has 1 fully saturated rings. The van der Waals surface area contributed by atoms with E-state index in [0.717, 1.165) is 24.9 Å². The standard InChI is InChI=1S/C10H14ClN3/c11-9-2-1-5-13-10(9)14-7-6-12-8-3-4-8/h1-2,5,8,12H,3-4,6-7H2,(H,13,14). The molecule has 1 heterocycles. The third kappa shape index (κ3) is 2.86. The topological polar surface area (TPSA) is 37.0 Å². The lowest BCUT2D eigenvalue weighted by Crippen LogP contribution is -2.24. The second-order valence-corrected chi connectivity index (χ2v) is 3.90. The Balaban J connectivity index is 1.71. The van der Waals surface area contributed by atoms with Crippen molar-refractivity contribution in [3.8, 4) is 0 Å². The zero-order valence-electron chi connectivity index (χ0n) is 7.96. The van der Waals surface area contributed by atoms with E-state index < -0.39 is 0 Å². The van der Waals surface area contributed by atoms with Gasteiger partial charge in [0.05, 0.1) is 5.02 Å². The lowest BCUT2D eigenvalue weighted by Gasteiger charge is -2.07. The number of pyridine rings is 1. The van der Waals surface area contributed by atoms with E-state index in [-0.39, 0.29) is 0 Å². The van der Waals surface area contributed by atoms with Gasteiger partial charge < -0.3 is 10.6 Å². The van der Waals surface area contributed by atoms with Gasteiger partial charge >= 0.3 is 0 Å². The molecule has 0 unspecified atom stereocenters. The van der Waals surface area contributed by atoms with Crippen molar-refractivity contribution in [2.45, 2.75) is 18.9 Å². The van der Waals surface area contributed by atoms with Crippen LogP contribution in [-0.4, -0.2) is 24.1 Å². The first-order valence-corrected chi connectivity index (χ1v) is 5.32. The highest BCUT2D eigenvalue weighted by Gasteiger charge is 2.19. The number of hydrogen-bond acceptors (Lipinski definition) is 3. The minimum Gasteiger partial charge on any atom is -0.368 e. The number of halogens is 1. The van der Waals surface area contributed by atoms with Crippen LogP contribution in [0, 0.1) is 0 Å². The molecule has 14 heavy (non-hydrogen) atoms. The summed E-state index contributed by atoms with van der Waals surface area (Å²) in [6, 6.07) is 4.43. The molecular formula is C10H14ClN3. The predicted octanol–water partition coefficient (Wildman–Crippen LogP) is 1.90. The highest BCUT2D eigenvalue weighted by atomic mass is 35.5. The molecule has 1 aromatic heterocycles. The summed E-state index contributed by atoms with van der Waals surface area (Å²) in [4.78, 5) is 4.14. The Kier molecular flexibility index (Phi) is 3.22. The third-order valence-corrected chi connectivity index (χ3v) is 2.49. The molecule has 76 valence electrons. The SMILES string of the molecule is Clc1cccnc1NCCNC1CC1. The van der Waals surface area contributed by atoms with Crippen LogP contribution in [-0.2, 0) is 0 Å². The fourth-order valence-corrected chi connectivity index (χ4v) is 1.45. The average molecular weight is 212 g/mol. The Morgan fingerprint density at radius 1 is 1.43 bits per heavy atom. The second-order valence-electron chi connectivity index (χ2n) is 3.49. The lowest BCUT2D eigenvalue weighted by atomic mass is 10.4. The van der Waals surface area contributed by atoms with Crippen molar-refractivity contribution in [1.82, 2.24) is 10.3 Å². The molecule has 0 radical (unpaired) electrons. The molecule has 0 saturated heterocycles. The van der Waals surface area contributed by atoms with Gasteiger partial charge in [-0.25, -0.2) is 4.98 Å². The molecule has 0 atom stereocenters. The van der Waals surface area contributed by atoms with Gasteiger partial charge in [0, 0.05) is 25.3 Å². The van der Waals surface area contributed by atoms with E-state index in [1.165, 1.54) is 12.8 Å². The maximum absolute atomic E-state index is 5.93. The molecule has 1 aliphatic rings. The summed E-state index contributed by atoms with van der Waals surface area (Å²) in [6.07, 6.45) is 4.39. The fourth-order valence-electron chi connectivity index (χ4n) is 1.26. The van der Waals surface area contributed by atoms with Gasteiger partial charge in [0.25, 0.3) is 0 Å². The zero-order chi connectivity index (χ0) is 9.80. The smallest absolute Gasteiger partial charge is 0.144 e. The first-order chi connectivity index (χ1) is 6.86. The van der Waals surface area contributed by atoms with Crippen LogP contribution in [0.1, 0.15) is 12.8 Å². The van der Waals surface area contributed by atoms with Gasteiger partial charge in [-0.3, -0.25) is 0 Å². The van der Waals surface area contributed by atoms with Crippen LogP contribution in [0.3, 0.4) is 0 Å². The van der Waals surface area contributed by atoms with Crippen LogP contribution in [0.15, 0.2) is 18.3 Å². The maximum atomic E-state index is 5.93. The minimum absolute atomic E-state index is 0.680. The van der Waals surface area contributed by atoms with Crippen molar-refractivity contribution in [2.75, 3.05) is 18.4 Å². The number of nitrogens with one attached hydrogen (secondary N) is 2. The Bertz CT molecular complexity index is 299. The van der Waals surface area contributed by atoms with Crippen molar-refractivity contribution in [3.05, 3.63) is 23.4 Å². The number of rotatable bonds is 5. The van der Waals surface area contributed by atoms with Gasteiger partial charge in [-0.2, -0.15) is 0 Å². The molecular weight excluding hydrogens is 198 g/mol. The van der Waals surface area contributed by atoms with Crippen molar-refractivity contribution < 1.29 is 0 Å².